The summed E-state index contributed by atoms with van der Waals surface area (Å²) in [6.07, 6.45) is 1.63. The van der Waals surface area contributed by atoms with Crippen molar-refractivity contribution in [3.05, 3.63) is 59.7 Å². The van der Waals surface area contributed by atoms with Gasteiger partial charge >= 0.3 is 0 Å². The molecule has 2 aromatic carbocycles. The van der Waals surface area contributed by atoms with E-state index in [9.17, 15) is 9.32 Å². The molecule has 0 unspecified atom stereocenters. The van der Waals surface area contributed by atoms with Crippen molar-refractivity contribution < 1.29 is 9.32 Å². The Kier molecular flexibility index (Phi) is 2.61. The number of hydrogen-bond donors (Lipinski definition) is 1. The lowest BCUT2D eigenvalue weighted by Crippen LogP contribution is -2.31. The van der Waals surface area contributed by atoms with Crippen LogP contribution in [0.3, 0.4) is 0 Å². The van der Waals surface area contributed by atoms with Crippen molar-refractivity contribution in [1.29, 1.82) is 0 Å². The molecule has 0 fully saturated rings. The molecule has 1 N–H and O–H groups in total. The van der Waals surface area contributed by atoms with Crippen LogP contribution in [0.15, 0.2) is 48.5 Å². The monoisotopic (exact) mass is 258 g/mol. The summed E-state index contributed by atoms with van der Waals surface area (Å²) in [5.74, 6) is 0.237. The van der Waals surface area contributed by atoms with E-state index in [2.05, 4.69) is 0 Å². The van der Waals surface area contributed by atoms with Gasteiger partial charge in [0, 0.05) is 17.1 Å². The van der Waals surface area contributed by atoms with Gasteiger partial charge in [0.25, 0.3) is 0 Å². The third-order valence-electron chi connectivity index (χ3n) is 3.45. The molecule has 0 saturated heterocycles. The second-order valence-electron chi connectivity index (χ2n) is 4.67. The van der Waals surface area contributed by atoms with Gasteiger partial charge in [0.1, 0.15) is 5.60 Å². The molecule has 2 aromatic rings. The fourth-order valence-corrected chi connectivity index (χ4v) is 3.65. The zero-order valence-corrected chi connectivity index (χ0v) is 10.9. The molecule has 3 rings (SSSR count). The van der Waals surface area contributed by atoms with E-state index >= 15 is 0 Å². The third kappa shape index (κ3) is 1.55. The zero-order valence-electron chi connectivity index (χ0n) is 10.1. The number of hydrogen-bond acceptors (Lipinski definition) is 2. The van der Waals surface area contributed by atoms with Gasteiger partial charge in [-0.3, -0.25) is 4.21 Å². The Morgan fingerprint density at radius 2 is 1.44 bits per heavy atom. The molecule has 0 amide bonds. The van der Waals surface area contributed by atoms with Crippen molar-refractivity contribution >= 4 is 10.8 Å². The first-order valence-electron chi connectivity index (χ1n) is 5.85. The van der Waals surface area contributed by atoms with Crippen molar-refractivity contribution in [2.45, 2.75) is 5.60 Å². The highest BCUT2D eigenvalue weighted by molar-refractivity contribution is 7.84. The second kappa shape index (κ2) is 4.04. The molecule has 1 aliphatic carbocycles. The van der Waals surface area contributed by atoms with Gasteiger partial charge in [0.2, 0.25) is 0 Å². The Hall–Kier alpha value is -1.45. The van der Waals surface area contributed by atoms with Crippen LogP contribution in [0.2, 0.25) is 0 Å². The fourth-order valence-electron chi connectivity index (χ4n) is 2.75. The first kappa shape index (κ1) is 11.6. The first-order chi connectivity index (χ1) is 8.63. The lowest BCUT2D eigenvalue weighted by Gasteiger charge is -2.24. The number of fused-ring (bicyclic) bond motifs is 3. The first-order valence-corrected chi connectivity index (χ1v) is 7.57. The molecular weight excluding hydrogens is 244 g/mol. The summed E-state index contributed by atoms with van der Waals surface area (Å²) in [6, 6.07) is 15.6. The molecule has 1 atom stereocenters. The molecule has 0 aromatic heterocycles. The number of benzene rings is 2. The Labute approximate surface area is 109 Å². The SMILES string of the molecule is C[S@](=O)CC1(O)c2ccccc2-c2ccccc21. The third-order valence-corrected chi connectivity index (χ3v) is 4.27. The summed E-state index contributed by atoms with van der Waals surface area (Å²) in [4.78, 5) is 0. The van der Waals surface area contributed by atoms with Crippen LogP contribution in [0.25, 0.3) is 11.1 Å². The molecule has 2 nitrogen and oxygen atoms in total. The predicted molar refractivity (Wildman–Crippen MR) is 73.8 cm³/mol. The number of rotatable bonds is 2. The van der Waals surface area contributed by atoms with Gasteiger partial charge in [-0.2, -0.15) is 0 Å². The normalized spacial score (nSPS) is 17.0. The maximum Gasteiger partial charge on any atom is 0.127 e. The van der Waals surface area contributed by atoms with Gasteiger partial charge in [0.05, 0.1) is 5.75 Å². The van der Waals surface area contributed by atoms with Gasteiger partial charge in [0.15, 0.2) is 0 Å². The molecule has 92 valence electrons. The van der Waals surface area contributed by atoms with Crippen LogP contribution in [0.4, 0.5) is 0 Å². The Morgan fingerprint density at radius 1 is 1.00 bits per heavy atom. The largest absolute Gasteiger partial charge is 0.379 e. The van der Waals surface area contributed by atoms with E-state index in [4.69, 9.17) is 0 Å². The van der Waals surface area contributed by atoms with Gasteiger partial charge in [-0.15, -0.1) is 0 Å². The summed E-state index contributed by atoms with van der Waals surface area (Å²) in [5, 5.41) is 11.0. The minimum absolute atomic E-state index is 0.237. The second-order valence-corrected chi connectivity index (χ2v) is 6.10. The lowest BCUT2D eigenvalue weighted by molar-refractivity contribution is 0.112. The summed E-state index contributed by atoms with van der Waals surface area (Å²) in [7, 11) is -1.06. The Morgan fingerprint density at radius 3 is 1.89 bits per heavy atom. The maximum atomic E-state index is 11.6. The van der Waals surface area contributed by atoms with Crippen molar-refractivity contribution in [2.75, 3.05) is 12.0 Å². The van der Waals surface area contributed by atoms with E-state index in [0.29, 0.717) is 0 Å². The molecule has 0 heterocycles. The van der Waals surface area contributed by atoms with Crippen LogP contribution in [-0.2, 0) is 16.4 Å². The summed E-state index contributed by atoms with van der Waals surface area (Å²) in [6.45, 7) is 0. The molecule has 0 bridgehead atoms. The smallest absolute Gasteiger partial charge is 0.127 e. The van der Waals surface area contributed by atoms with Crippen LogP contribution in [0, 0.1) is 0 Å². The average Bonchev–Trinajstić information content (AvgIpc) is 2.61. The topological polar surface area (TPSA) is 37.3 Å². The molecular formula is C15H14O2S. The van der Waals surface area contributed by atoms with Crippen LogP contribution in [0.5, 0.6) is 0 Å². The van der Waals surface area contributed by atoms with Crippen LogP contribution in [-0.4, -0.2) is 21.3 Å². The van der Waals surface area contributed by atoms with E-state index in [-0.39, 0.29) is 5.75 Å². The fraction of sp³-hybridized carbons (Fsp3) is 0.200. The molecule has 18 heavy (non-hydrogen) atoms. The summed E-state index contributed by atoms with van der Waals surface area (Å²) >= 11 is 0. The quantitative estimate of drug-likeness (QED) is 0.897. The van der Waals surface area contributed by atoms with Crippen molar-refractivity contribution in [1.82, 2.24) is 0 Å². The van der Waals surface area contributed by atoms with E-state index < -0.39 is 16.4 Å². The van der Waals surface area contributed by atoms with E-state index in [0.717, 1.165) is 22.3 Å². The molecule has 3 heteroatoms. The molecule has 1 aliphatic rings. The van der Waals surface area contributed by atoms with Gasteiger partial charge < -0.3 is 5.11 Å². The molecule has 0 radical (unpaired) electrons. The van der Waals surface area contributed by atoms with Crippen LogP contribution >= 0.6 is 0 Å². The average molecular weight is 258 g/mol. The van der Waals surface area contributed by atoms with E-state index in [1.807, 2.05) is 48.5 Å². The Bertz CT molecular complexity index is 588. The van der Waals surface area contributed by atoms with Gasteiger partial charge in [-0.25, -0.2) is 0 Å². The van der Waals surface area contributed by atoms with Crippen LogP contribution in [0.1, 0.15) is 11.1 Å². The summed E-state index contributed by atoms with van der Waals surface area (Å²) in [5.41, 5.74) is 2.69. The highest BCUT2D eigenvalue weighted by Crippen LogP contribution is 2.47. The van der Waals surface area contributed by atoms with Gasteiger partial charge in [-0.05, 0) is 22.3 Å². The molecule has 0 aliphatic heterocycles. The zero-order chi connectivity index (χ0) is 12.8. The minimum Gasteiger partial charge on any atom is -0.379 e. The summed E-state index contributed by atoms with van der Waals surface area (Å²) < 4.78 is 11.6. The predicted octanol–water partition coefficient (Wildman–Crippen LogP) is 2.28. The highest BCUT2D eigenvalue weighted by atomic mass is 32.2. The van der Waals surface area contributed by atoms with E-state index in [1.54, 1.807) is 6.26 Å². The molecule has 0 spiro atoms. The standard InChI is InChI=1S/C15H14O2S/c1-18(17)10-15(16)13-8-4-2-6-11(13)12-7-3-5-9-14(12)15/h2-9,16H,10H2,1H3/t18-/m0/s1. The van der Waals surface area contributed by atoms with Crippen LogP contribution < -0.4 is 0 Å². The van der Waals surface area contributed by atoms with E-state index in [1.165, 1.54) is 0 Å². The lowest BCUT2D eigenvalue weighted by atomic mass is 9.94. The maximum absolute atomic E-state index is 11.6. The highest BCUT2D eigenvalue weighted by Gasteiger charge is 2.41. The number of aliphatic hydroxyl groups is 1. The van der Waals surface area contributed by atoms with Crippen molar-refractivity contribution in [3.8, 4) is 11.1 Å². The van der Waals surface area contributed by atoms with Crippen molar-refractivity contribution in [2.24, 2.45) is 0 Å². The minimum atomic E-state index is -1.12. The Balaban J connectivity index is 2.30. The molecule has 0 saturated carbocycles. The van der Waals surface area contributed by atoms with Gasteiger partial charge in [-0.1, -0.05) is 48.5 Å². The van der Waals surface area contributed by atoms with Crippen molar-refractivity contribution in [3.63, 3.8) is 0 Å².